The number of benzene rings is 1. The molecule has 3 nitrogen and oxygen atoms in total. The molecule has 22 heavy (non-hydrogen) atoms. The van der Waals surface area contributed by atoms with Crippen LogP contribution >= 0.6 is 15.9 Å². The summed E-state index contributed by atoms with van der Waals surface area (Å²) in [5, 5.41) is 0. The van der Waals surface area contributed by atoms with Crippen LogP contribution in [0.25, 0.3) is 0 Å². The van der Waals surface area contributed by atoms with Crippen molar-refractivity contribution in [3.05, 3.63) is 58.2 Å². The van der Waals surface area contributed by atoms with E-state index < -0.39 is 0 Å². The van der Waals surface area contributed by atoms with Crippen LogP contribution in [-0.2, 0) is 13.0 Å². The van der Waals surface area contributed by atoms with Gasteiger partial charge in [0.2, 0.25) is 0 Å². The lowest BCUT2D eigenvalue weighted by Crippen LogP contribution is -2.55. The molecule has 0 saturated carbocycles. The van der Waals surface area contributed by atoms with E-state index in [0.717, 1.165) is 37.1 Å². The van der Waals surface area contributed by atoms with E-state index in [2.05, 4.69) is 67.1 Å². The minimum Gasteiger partial charge on any atom is -0.351 e. The molecule has 0 amide bonds. The number of hydrogen-bond donors (Lipinski definition) is 0. The SMILES string of the molecule is Brc1cnc2c(c1)CCC1CN(Cc3ccccc3)CCN21. The molecule has 0 aliphatic carbocycles. The van der Waals surface area contributed by atoms with Crippen molar-refractivity contribution in [2.75, 3.05) is 24.5 Å². The molecule has 1 atom stereocenters. The molecule has 2 aromatic rings. The van der Waals surface area contributed by atoms with Crippen LogP contribution in [0, 0.1) is 0 Å². The molecular formula is C18H20BrN3. The molecule has 0 radical (unpaired) electrons. The minimum absolute atomic E-state index is 0.610. The van der Waals surface area contributed by atoms with Gasteiger partial charge in [-0.25, -0.2) is 4.98 Å². The van der Waals surface area contributed by atoms with Crippen LogP contribution in [0.2, 0.25) is 0 Å². The zero-order valence-corrected chi connectivity index (χ0v) is 14.2. The highest BCUT2D eigenvalue weighted by molar-refractivity contribution is 9.10. The second-order valence-electron chi connectivity index (χ2n) is 6.24. The van der Waals surface area contributed by atoms with Crippen molar-refractivity contribution in [3.63, 3.8) is 0 Å². The first-order valence-electron chi connectivity index (χ1n) is 7.97. The average Bonchev–Trinajstić information content (AvgIpc) is 2.55. The summed E-state index contributed by atoms with van der Waals surface area (Å²) >= 11 is 3.54. The molecule has 3 heterocycles. The number of aromatic nitrogens is 1. The van der Waals surface area contributed by atoms with Gasteiger partial charge in [0.1, 0.15) is 5.82 Å². The molecule has 2 aliphatic rings. The molecule has 4 rings (SSSR count). The van der Waals surface area contributed by atoms with Gasteiger partial charge in [0.25, 0.3) is 0 Å². The predicted molar refractivity (Wildman–Crippen MR) is 93.1 cm³/mol. The van der Waals surface area contributed by atoms with Gasteiger partial charge in [-0.3, -0.25) is 4.90 Å². The van der Waals surface area contributed by atoms with E-state index in [9.17, 15) is 0 Å². The largest absolute Gasteiger partial charge is 0.351 e. The number of piperazine rings is 1. The van der Waals surface area contributed by atoms with Gasteiger partial charge >= 0.3 is 0 Å². The highest BCUT2D eigenvalue weighted by Crippen LogP contribution is 2.32. The van der Waals surface area contributed by atoms with E-state index >= 15 is 0 Å². The third-order valence-electron chi connectivity index (χ3n) is 4.74. The average molecular weight is 358 g/mol. The van der Waals surface area contributed by atoms with Crippen molar-refractivity contribution in [2.45, 2.75) is 25.4 Å². The fraction of sp³-hybridized carbons (Fsp3) is 0.389. The quantitative estimate of drug-likeness (QED) is 0.820. The minimum atomic E-state index is 0.610. The number of halogens is 1. The molecule has 114 valence electrons. The fourth-order valence-corrected chi connectivity index (χ4v) is 4.05. The maximum atomic E-state index is 4.67. The van der Waals surface area contributed by atoms with Crippen LogP contribution in [0.1, 0.15) is 17.5 Å². The molecular weight excluding hydrogens is 338 g/mol. The molecule has 1 fully saturated rings. The number of anilines is 1. The lowest BCUT2D eigenvalue weighted by molar-refractivity contribution is 0.206. The molecule has 1 aromatic heterocycles. The number of nitrogens with zero attached hydrogens (tertiary/aromatic N) is 3. The lowest BCUT2D eigenvalue weighted by Gasteiger charge is -2.45. The number of pyridine rings is 1. The molecule has 4 heteroatoms. The maximum Gasteiger partial charge on any atom is 0.132 e. The number of rotatable bonds is 2. The van der Waals surface area contributed by atoms with Gasteiger partial charge in [-0.05, 0) is 46.0 Å². The van der Waals surface area contributed by atoms with Crippen molar-refractivity contribution in [3.8, 4) is 0 Å². The van der Waals surface area contributed by atoms with Gasteiger partial charge in [0.15, 0.2) is 0 Å². The Bertz CT molecular complexity index is 659. The standard InChI is InChI=1S/C18H20BrN3/c19-16-10-15-6-7-17-13-21(12-14-4-2-1-3-5-14)8-9-22(17)18(15)20-11-16/h1-5,10-11,17H,6-9,12-13H2. The Morgan fingerprint density at radius 1 is 1.18 bits per heavy atom. The molecule has 0 spiro atoms. The third-order valence-corrected chi connectivity index (χ3v) is 5.18. The zero-order chi connectivity index (χ0) is 14.9. The van der Waals surface area contributed by atoms with E-state index in [-0.39, 0.29) is 0 Å². The smallest absolute Gasteiger partial charge is 0.132 e. The summed E-state index contributed by atoms with van der Waals surface area (Å²) in [5.74, 6) is 1.21. The van der Waals surface area contributed by atoms with E-state index in [4.69, 9.17) is 0 Å². The van der Waals surface area contributed by atoms with Crippen molar-refractivity contribution >= 4 is 21.7 Å². The van der Waals surface area contributed by atoms with Crippen molar-refractivity contribution < 1.29 is 0 Å². The van der Waals surface area contributed by atoms with Crippen LogP contribution in [0.4, 0.5) is 5.82 Å². The highest BCUT2D eigenvalue weighted by Gasteiger charge is 2.32. The number of fused-ring (bicyclic) bond motifs is 3. The van der Waals surface area contributed by atoms with E-state index in [1.165, 1.54) is 23.4 Å². The summed E-state index contributed by atoms with van der Waals surface area (Å²) in [7, 11) is 0. The molecule has 0 N–H and O–H groups in total. The first-order valence-corrected chi connectivity index (χ1v) is 8.76. The molecule has 1 saturated heterocycles. The molecule has 0 bridgehead atoms. The van der Waals surface area contributed by atoms with E-state index in [1.807, 2.05) is 6.20 Å². The Morgan fingerprint density at radius 3 is 2.91 bits per heavy atom. The van der Waals surface area contributed by atoms with E-state index in [1.54, 1.807) is 0 Å². The molecule has 2 aliphatic heterocycles. The first kappa shape index (κ1) is 14.2. The highest BCUT2D eigenvalue weighted by atomic mass is 79.9. The van der Waals surface area contributed by atoms with Crippen molar-refractivity contribution in [1.29, 1.82) is 0 Å². The summed E-state index contributed by atoms with van der Waals surface area (Å²) in [5.41, 5.74) is 2.80. The first-order chi connectivity index (χ1) is 10.8. The Balaban J connectivity index is 1.48. The van der Waals surface area contributed by atoms with Crippen molar-refractivity contribution in [2.24, 2.45) is 0 Å². The summed E-state index contributed by atoms with van der Waals surface area (Å²) < 4.78 is 1.09. The summed E-state index contributed by atoms with van der Waals surface area (Å²) in [6.45, 7) is 4.40. The van der Waals surface area contributed by atoms with Gasteiger partial charge in [-0.2, -0.15) is 0 Å². The predicted octanol–water partition coefficient (Wildman–Crippen LogP) is 3.48. The van der Waals surface area contributed by atoms with Crippen LogP contribution < -0.4 is 4.90 Å². The molecule has 1 aromatic carbocycles. The third kappa shape index (κ3) is 2.77. The Kier molecular flexibility index (Phi) is 3.89. The topological polar surface area (TPSA) is 19.4 Å². The van der Waals surface area contributed by atoms with Crippen LogP contribution in [0.15, 0.2) is 47.1 Å². The summed E-state index contributed by atoms with van der Waals surface area (Å²) in [6, 6.07) is 13.6. The second-order valence-corrected chi connectivity index (χ2v) is 7.16. The Labute approximate surface area is 140 Å². The number of hydrogen-bond acceptors (Lipinski definition) is 3. The van der Waals surface area contributed by atoms with Crippen molar-refractivity contribution in [1.82, 2.24) is 9.88 Å². The summed E-state index contributed by atoms with van der Waals surface area (Å²) in [6.07, 6.45) is 4.30. The normalized spacial score (nSPS) is 21.3. The van der Waals surface area contributed by atoms with Crippen LogP contribution in [0.3, 0.4) is 0 Å². The Morgan fingerprint density at radius 2 is 2.05 bits per heavy atom. The zero-order valence-electron chi connectivity index (χ0n) is 12.6. The Hall–Kier alpha value is -1.39. The maximum absolute atomic E-state index is 4.67. The monoisotopic (exact) mass is 357 g/mol. The molecule has 1 unspecified atom stereocenters. The summed E-state index contributed by atoms with van der Waals surface area (Å²) in [4.78, 5) is 9.78. The van der Waals surface area contributed by atoms with Gasteiger partial charge < -0.3 is 4.90 Å². The fourth-order valence-electron chi connectivity index (χ4n) is 3.67. The van der Waals surface area contributed by atoms with Gasteiger partial charge in [-0.15, -0.1) is 0 Å². The van der Waals surface area contributed by atoms with Gasteiger partial charge in [-0.1, -0.05) is 30.3 Å². The van der Waals surface area contributed by atoms with E-state index in [0.29, 0.717) is 6.04 Å². The second kappa shape index (κ2) is 6.01. The lowest BCUT2D eigenvalue weighted by atomic mass is 9.96. The van der Waals surface area contributed by atoms with Crippen LogP contribution in [0.5, 0.6) is 0 Å². The van der Waals surface area contributed by atoms with Gasteiger partial charge in [0.05, 0.1) is 0 Å². The van der Waals surface area contributed by atoms with Crippen LogP contribution in [-0.4, -0.2) is 35.6 Å². The number of aryl methyl sites for hydroxylation is 1. The van der Waals surface area contributed by atoms with Gasteiger partial charge in [0, 0.05) is 42.9 Å².